The van der Waals surface area contributed by atoms with Crippen molar-refractivity contribution in [2.45, 2.75) is 38.7 Å². The maximum absolute atomic E-state index is 10.2. The summed E-state index contributed by atoms with van der Waals surface area (Å²) in [5.41, 5.74) is 1.17. The van der Waals surface area contributed by atoms with Crippen molar-refractivity contribution in [2.75, 3.05) is 6.61 Å². The number of aliphatic hydroxyl groups is 1. The lowest BCUT2D eigenvalue weighted by molar-refractivity contribution is 0.114. The Morgan fingerprint density at radius 3 is 2.81 bits per heavy atom. The minimum absolute atomic E-state index is 0.162. The van der Waals surface area contributed by atoms with E-state index >= 15 is 0 Å². The van der Waals surface area contributed by atoms with Crippen molar-refractivity contribution in [2.24, 2.45) is 5.92 Å². The summed E-state index contributed by atoms with van der Waals surface area (Å²) in [6.07, 6.45) is 1.66. The van der Waals surface area contributed by atoms with Crippen molar-refractivity contribution in [3.63, 3.8) is 0 Å². The highest BCUT2D eigenvalue weighted by molar-refractivity contribution is 5.40. The minimum atomic E-state index is -0.272. The third-order valence-corrected chi connectivity index (χ3v) is 3.24. The molecule has 1 aromatic carbocycles. The molecule has 2 nitrogen and oxygen atoms in total. The van der Waals surface area contributed by atoms with Crippen LogP contribution in [-0.2, 0) is 0 Å². The number of benzene rings is 1. The minimum Gasteiger partial charge on any atom is -0.493 e. The Hall–Kier alpha value is -1.02. The van der Waals surface area contributed by atoms with Gasteiger partial charge in [-0.1, -0.05) is 32.0 Å². The summed E-state index contributed by atoms with van der Waals surface area (Å²) in [5, 5.41) is 10.2. The summed E-state index contributed by atoms with van der Waals surface area (Å²) < 4.78 is 5.58. The molecular formula is C14H20O2. The van der Waals surface area contributed by atoms with E-state index in [1.165, 1.54) is 5.56 Å². The summed E-state index contributed by atoms with van der Waals surface area (Å²) in [6, 6.07) is 8.02. The van der Waals surface area contributed by atoms with Crippen molar-refractivity contribution in [1.29, 1.82) is 0 Å². The largest absolute Gasteiger partial charge is 0.493 e. The van der Waals surface area contributed by atoms with Gasteiger partial charge in [-0.15, -0.1) is 0 Å². The van der Waals surface area contributed by atoms with Crippen LogP contribution in [0.5, 0.6) is 5.75 Å². The first-order valence-electron chi connectivity index (χ1n) is 6.08. The maximum atomic E-state index is 10.2. The number of hydrogen-bond acceptors (Lipinski definition) is 2. The summed E-state index contributed by atoms with van der Waals surface area (Å²) in [6.45, 7) is 5.00. The van der Waals surface area contributed by atoms with Crippen molar-refractivity contribution >= 4 is 0 Å². The average Bonchev–Trinajstić information content (AvgIpc) is 2.69. The van der Waals surface area contributed by atoms with E-state index in [-0.39, 0.29) is 12.0 Å². The quantitative estimate of drug-likeness (QED) is 0.845. The van der Waals surface area contributed by atoms with Gasteiger partial charge < -0.3 is 9.84 Å². The number of hydrogen-bond donors (Lipinski definition) is 1. The van der Waals surface area contributed by atoms with E-state index < -0.39 is 0 Å². The molecule has 1 N–H and O–H groups in total. The smallest absolute Gasteiger partial charge is 0.123 e. The predicted molar refractivity (Wildman–Crippen MR) is 64.8 cm³/mol. The first kappa shape index (κ1) is 11.5. The highest BCUT2D eigenvalue weighted by Crippen LogP contribution is 2.36. The van der Waals surface area contributed by atoms with Crippen LogP contribution in [0.2, 0.25) is 0 Å². The van der Waals surface area contributed by atoms with Crippen LogP contribution >= 0.6 is 0 Å². The molecule has 2 rings (SSSR count). The summed E-state index contributed by atoms with van der Waals surface area (Å²) in [4.78, 5) is 0. The molecule has 0 amide bonds. The normalized spacial score (nSPS) is 20.6. The lowest BCUT2D eigenvalue weighted by Gasteiger charge is -2.18. The van der Waals surface area contributed by atoms with Gasteiger partial charge >= 0.3 is 0 Å². The van der Waals surface area contributed by atoms with Gasteiger partial charge in [0.15, 0.2) is 0 Å². The Labute approximate surface area is 97.3 Å². The highest BCUT2D eigenvalue weighted by Gasteiger charge is 2.29. The molecule has 0 saturated carbocycles. The first-order valence-corrected chi connectivity index (χ1v) is 6.08. The van der Waals surface area contributed by atoms with E-state index in [9.17, 15) is 5.11 Å². The molecule has 1 aliphatic rings. The van der Waals surface area contributed by atoms with Gasteiger partial charge in [-0.2, -0.15) is 0 Å². The first-order chi connectivity index (χ1) is 7.68. The van der Waals surface area contributed by atoms with Crippen LogP contribution in [-0.4, -0.2) is 17.8 Å². The van der Waals surface area contributed by atoms with Crippen molar-refractivity contribution in [3.05, 3.63) is 29.8 Å². The molecule has 1 heterocycles. The predicted octanol–water partition coefficient (Wildman–Crippen LogP) is 2.96. The number of ether oxygens (including phenoxy) is 1. The number of aliphatic hydroxyl groups excluding tert-OH is 1. The molecule has 1 aliphatic heterocycles. The van der Waals surface area contributed by atoms with Crippen LogP contribution in [0.25, 0.3) is 0 Å². The number of fused-ring (bicyclic) bond motifs is 1. The van der Waals surface area contributed by atoms with Gasteiger partial charge in [0.1, 0.15) is 5.75 Å². The van der Waals surface area contributed by atoms with E-state index in [4.69, 9.17) is 4.74 Å². The Morgan fingerprint density at radius 2 is 2.06 bits per heavy atom. The fourth-order valence-electron chi connectivity index (χ4n) is 2.21. The molecule has 2 atom stereocenters. The van der Waals surface area contributed by atoms with Crippen LogP contribution in [0, 0.1) is 5.92 Å². The van der Waals surface area contributed by atoms with E-state index in [0.29, 0.717) is 12.5 Å². The molecule has 1 aromatic rings. The molecule has 0 saturated heterocycles. The zero-order valence-corrected chi connectivity index (χ0v) is 10.0. The van der Waals surface area contributed by atoms with E-state index in [2.05, 4.69) is 19.9 Å². The lowest BCUT2D eigenvalue weighted by Crippen LogP contribution is -2.20. The standard InChI is InChI=1S/C14H20O2/c1-10(2)7-8-13(15)12-9-16-14-6-4-3-5-11(12)14/h3-6,10,12-13,15H,7-9H2,1-2H3. The van der Waals surface area contributed by atoms with Crippen LogP contribution in [0.3, 0.4) is 0 Å². The van der Waals surface area contributed by atoms with Crippen molar-refractivity contribution < 1.29 is 9.84 Å². The van der Waals surface area contributed by atoms with Gasteiger partial charge in [-0.25, -0.2) is 0 Å². The van der Waals surface area contributed by atoms with Gasteiger partial charge in [0.25, 0.3) is 0 Å². The Kier molecular flexibility index (Phi) is 3.49. The van der Waals surface area contributed by atoms with Gasteiger partial charge in [0.2, 0.25) is 0 Å². The lowest BCUT2D eigenvalue weighted by atomic mass is 9.91. The molecule has 0 aliphatic carbocycles. The van der Waals surface area contributed by atoms with Crippen LogP contribution in [0.1, 0.15) is 38.2 Å². The highest BCUT2D eigenvalue weighted by atomic mass is 16.5. The van der Waals surface area contributed by atoms with Crippen LogP contribution in [0.15, 0.2) is 24.3 Å². The fourth-order valence-corrected chi connectivity index (χ4v) is 2.21. The average molecular weight is 220 g/mol. The zero-order valence-electron chi connectivity index (χ0n) is 10.0. The van der Waals surface area contributed by atoms with Crippen LogP contribution in [0.4, 0.5) is 0 Å². The summed E-state index contributed by atoms with van der Waals surface area (Å²) in [5.74, 6) is 1.75. The molecule has 16 heavy (non-hydrogen) atoms. The van der Waals surface area contributed by atoms with Crippen LogP contribution < -0.4 is 4.74 Å². The maximum Gasteiger partial charge on any atom is 0.123 e. The second kappa shape index (κ2) is 4.88. The van der Waals surface area contributed by atoms with Gasteiger partial charge in [0.05, 0.1) is 12.7 Å². The Morgan fingerprint density at radius 1 is 1.31 bits per heavy atom. The summed E-state index contributed by atoms with van der Waals surface area (Å²) in [7, 11) is 0. The molecule has 2 heteroatoms. The number of rotatable bonds is 4. The zero-order chi connectivity index (χ0) is 11.5. The Bertz CT molecular complexity index is 346. The molecular weight excluding hydrogens is 200 g/mol. The van der Waals surface area contributed by atoms with Gasteiger partial charge in [-0.3, -0.25) is 0 Å². The molecule has 0 radical (unpaired) electrons. The van der Waals surface area contributed by atoms with Crippen molar-refractivity contribution in [3.8, 4) is 5.75 Å². The summed E-state index contributed by atoms with van der Waals surface area (Å²) >= 11 is 0. The second-order valence-electron chi connectivity index (χ2n) is 4.99. The van der Waals surface area contributed by atoms with E-state index in [1.807, 2.05) is 18.2 Å². The van der Waals surface area contributed by atoms with Gasteiger partial charge in [-0.05, 0) is 24.8 Å². The molecule has 2 unspecified atom stereocenters. The topological polar surface area (TPSA) is 29.5 Å². The SMILES string of the molecule is CC(C)CCC(O)C1COc2ccccc21. The second-order valence-corrected chi connectivity index (χ2v) is 4.99. The van der Waals surface area contributed by atoms with Gasteiger partial charge in [0, 0.05) is 11.5 Å². The molecule has 0 spiro atoms. The third kappa shape index (κ3) is 2.38. The van der Waals surface area contributed by atoms with E-state index in [0.717, 1.165) is 18.6 Å². The Balaban J connectivity index is 2.01. The fraction of sp³-hybridized carbons (Fsp3) is 0.571. The molecule has 0 bridgehead atoms. The monoisotopic (exact) mass is 220 g/mol. The number of para-hydroxylation sites is 1. The van der Waals surface area contributed by atoms with Crippen molar-refractivity contribution in [1.82, 2.24) is 0 Å². The van der Waals surface area contributed by atoms with E-state index in [1.54, 1.807) is 0 Å². The third-order valence-electron chi connectivity index (χ3n) is 3.24. The molecule has 0 aromatic heterocycles. The molecule has 0 fully saturated rings. The molecule has 88 valence electrons.